The Morgan fingerprint density at radius 1 is 1.15 bits per heavy atom. The Morgan fingerprint density at radius 3 is 2.75 bits per heavy atom. The minimum absolute atomic E-state index is 0.510. The van der Waals surface area contributed by atoms with Crippen LogP contribution in [0, 0.1) is 6.92 Å². The van der Waals surface area contributed by atoms with Gasteiger partial charge in [-0.15, -0.1) is 0 Å². The highest BCUT2D eigenvalue weighted by Gasteiger charge is 2.09. The van der Waals surface area contributed by atoms with Crippen molar-refractivity contribution in [3.63, 3.8) is 0 Å². The molecule has 0 aliphatic rings. The Bertz CT molecular complexity index is 787. The number of ether oxygens (including phenoxy) is 1. The van der Waals surface area contributed by atoms with Gasteiger partial charge in [0.05, 0.1) is 17.4 Å². The third-order valence-electron chi connectivity index (χ3n) is 3.10. The van der Waals surface area contributed by atoms with Crippen molar-refractivity contribution in [2.24, 2.45) is 0 Å². The fourth-order valence-electron chi connectivity index (χ4n) is 2.04. The molecule has 1 heterocycles. The van der Waals surface area contributed by atoms with Gasteiger partial charge in [-0.3, -0.25) is 4.98 Å². The topological polar surface area (TPSA) is 48.1 Å². The molecule has 0 amide bonds. The van der Waals surface area contributed by atoms with Crippen LogP contribution in [0.3, 0.4) is 0 Å². The number of pyridine rings is 1. The highest BCUT2D eigenvalue weighted by atomic mass is 35.5. The number of aryl methyl sites for hydroxylation is 1. The summed E-state index contributed by atoms with van der Waals surface area (Å²) >= 11 is 6.02. The minimum atomic E-state index is 0.510. The Balaban J connectivity index is 2.10. The van der Waals surface area contributed by atoms with Crippen molar-refractivity contribution in [1.82, 2.24) is 4.98 Å². The summed E-state index contributed by atoms with van der Waals surface area (Å²) in [5.41, 5.74) is 8.31. The van der Waals surface area contributed by atoms with Crippen LogP contribution in [0.15, 0.2) is 48.7 Å². The van der Waals surface area contributed by atoms with Gasteiger partial charge >= 0.3 is 0 Å². The predicted octanol–water partition coefficient (Wildman–Crippen LogP) is 4.57. The third kappa shape index (κ3) is 2.28. The number of hydrogen-bond donors (Lipinski definition) is 1. The maximum atomic E-state index is 6.02. The second-order valence-electron chi connectivity index (χ2n) is 4.57. The zero-order valence-electron chi connectivity index (χ0n) is 10.9. The number of hydrogen-bond acceptors (Lipinski definition) is 3. The molecule has 100 valence electrons. The maximum Gasteiger partial charge on any atom is 0.161 e. The maximum absolute atomic E-state index is 6.02. The quantitative estimate of drug-likeness (QED) is 0.750. The molecule has 0 fully saturated rings. The zero-order chi connectivity index (χ0) is 14.1. The molecule has 0 atom stereocenters. The molecular formula is C16H13ClN2O. The van der Waals surface area contributed by atoms with Crippen molar-refractivity contribution in [3.8, 4) is 11.5 Å². The van der Waals surface area contributed by atoms with Crippen LogP contribution in [-0.2, 0) is 0 Å². The number of nitrogens with two attached hydrogens (primary N) is 1. The average Bonchev–Trinajstić information content (AvgIpc) is 2.46. The molecule has 3 nitrogen and oxygen atoms in total. The summed E-state index contributed by atoms with van der Waals surface area (Å²) in [4.78, 5) is 4.29. The molecule has 0 spiro atoms. The van der Waals surface area contributed by atoms with Gasteiger partial charge in [-0.1, -0.05) is 23.7 Å². The second kappa shape index (κ2) is 5.02. The molecule has 3 aromatic rings. The Labute approximate surface area is 122 Å². The standard InChI is InChI=1S/C16H13ClN2O/c1-10-8-11(6-7-13(10)17)20-16-12-4-2-3-5-15(12)19-9-14(16)18/h2-9H,18H2,1H3. The van der Waals surface area contributed by atoms with Crippen LogP contribution in [0.5, 0.6) is 11.5 Å². The molecule has 1 aromatic heterocycles. The molecule has 3 rings (SSSR count). The number of aromatic nitrogens is 1. The monoisotopic (exact) mass is 284 g/mol. The number of nitrogen functional groups attached to an aromatic ring is 1. The number of benzene rings is 2. The van der Waals surface area contributed by atoms with Crippen LogP contribution >= 0.6 is 11.6 Å². The van der Waals surface area contributed by atoms with Crippen LogP contribution in [0.4, 0.5) is 5.69 Å². The van der Waals surface area contributed by atoms with E-state index in [9.17, 15) is 0 Å². The molecule has 0 bridgehead atoms. The van der Waals surface area contributed by atoms with Gasteiger partial charge in [0.1, 0.15) is 5.75 Å². The first-order valence-electron chi connectivity index (χ1n) is 6.22. The smallest absolute Gasteiger partial charge is 0.161 e. The van der Waals surface area contributed by atoms with Crippen molar-refractivity contribution < 1.29 is 4.74 Å². The molecule has 2 aromatic carbocycles. The summed E-state index contributed by atoms with van der Waals surface area (Å²) in [5, 5.41) is 1.60. The van der Waals surface area contributed by atoms with E-state index in [0.29, 0.717) is 22.2 Å². The second-order valence-corrected chi connectivity index (χ2v) is 4.98. The first-order valence-corrected chi connectivity index (χ1v) is 6.60. The Hall–Kier alpha value is -2.26. The molecule has 4 heteroatoms. The number of halogens is 1. The van der Waals surface area contributed by atoms with Crippen molar-refractivity contribution >= 4 is 28.2 Å². The third-order valence-corrected chi connectivity index (χ3v) is 3.53. The summed E-state index contributed by atoms with van der Waals surface area (Å²) < 4.78 is 5.93. The summed E-state index contributed by atoms with van der Waals surface area (Å²) in [5.74, 6) is 1.33. The first-order chi connectivity index (χ1) is 9.65. The van der Waals surface area contributed by atoms with E-state index >= 15 is 0 Å². The van der Waals surface area contributed by atoms with Gasteiger partial charge in [0.25, 0.3) is 0 Å². The van der Waals surface area contributed by atoms with Crippen LogP contribution in [-0.4, -0.2) is 4.98 Å². The van der Waals surface area contributed by atoms with E-state index < -0.39 is 0 Å². The summed E-state index contributed by atoms with van der Waals surface area (Å²) in [6.07, 6.45) is 1.61. The van der Waals surface area contributed by atoms with E-state index in [4.69, 9.17) is 22.1 Å². The summed E-state index contributed by atoms with van der Waals surface area (Å²) in [7, 11) is 0. The molecule has 0 saturated carbocycles. The fourth-order valence-corrected chi connectivity index (χ4v) is 2.16. The van der Waals surface area contributed by atoms with Gasteiger partial charge in [-0.05, 0) is 42.8 Å². The van der Waals surface area contributed by atoms with E-state index in [1.54, 1.807) is 6.20 Å². The van der Waals surface area contributed by atoms with Gasteiger partial charge in [-0.25, -0.2) is 0 Å². The van der Waals surface area contributed by atoms with Crippen LogP contribution < -0.4 is 10.5 Å². The summed E-state index contributed by atoms with van der Waals surface area (Å²) in [6, 6.07) is 13.3. The summed E-state index contributed by atoms with van der Waals surface area (Å²) in [6.45, 7) is 1.93. The van der Waals surface area contributed by atoms with Crippen molar-refractivity contribution in [2.45, 2.75) is 6.92 Å². The van der Waals surface area contributed by atoms with Gasteiger partial charge in [0.15, 0.2) is 5.75 Å². The van der Waals surface area contributed by atoms with Crippen LogP contribution in [0.25, 0.3) is 10.9 Å². The number of anilines is 1. The lowest BCUT2D eigenvalue weighted by molar-refractivity contribution is 0.490. The lowest BCUT2D eigenvalue weighted by Gasteiger charge is -2.12. The lowest BCUT2D eigenvalue weighted by atomic mass is 10.2. The van der Waals surface area contributed by atoms with Gasteiger partial charge < -0.3 is 10.5 Å². The minimum Gasteiger partial charge on any atom is -0.454 e. The highest BCUT2D eigenvalue weighted by molar-refractivity contribution is 6.31. The molecule has 0 aliphatic carbocycles. The Morgan fingerprint density at radius 2 is 1.95 bits per heavy atom. The molecule has 0 unspecified atom stereocenters. The van der Waals surface area contributed by atoms with Crippen molar-refractivity contribution in [3.05, 3.63) is 59.2 Å². The Kier molecular flexibility index (Phi) is 3.20. The SMILES string of the molecule is Cc1cc(Oc2c(N)cnc3ccccc23)ccc1Cl. The molecule has 0 saturated heterocycles. The van der Waals surface area contributed by atoms with E-state index in [-0.39, 0.29) is 0 Å². The predicted molar refractivity (Wildman–Crippen MR) is 82.4 cm³/mol. The van der Waals surface area contributed by atoms with Gasteiger partial charge in [0, 0.05) is 10.4 Å². The number of para-hydroxylation sites is 1. The number of rotatable bonds is 2. The molecule has 0 radical (unpaired) electrons. The van der Waals surface area contributed by atoms with E-state index in [2.05, 4.69) is 4.98 Å². The van der Waals surface area contributed by atoms with Gasteiger partial charge in [0.2, 0.25) is 0 Å². The first kappa shape index (κ1) is 12.8. The van der Waals surface area contributed by atoms with E-state index in [0.717, 1.165) is 16.5 Å². The van der Waals surface area contributed by atoms with Gasteiger partial charge in [-0.2, -0.15) is 0 Å². The van der Waals surface area contributed by atoms with E-state index in [1.165, 1.54) is 0 Å². The van der Waals surface area contributed by atoms with E-state index in [1.807, 2.05) is 49.4 Å². The van der Waals surface area contributed by atoms with Crippen LogP contribution in [0.1, 0.15) is 5.56 Å². The molecule has 20 heavy (non-hydrogen) atoms. The van der Waals surface area contributed by atoms with Crippen molar-refractivity contribution in [2.75, 3.05) is 5.73 Å². The lowest BCUT2D eigenvalue weighted by Crippen LogP contribution is -1.95. The fraction of sp³-hybridized carbons (Fsp3) is 0.0625. The highest BCUT2D eigenvalue weighted by Crippen LogP contribution is 2.35. The van der Waals surface area contributed by atoms with Crippen molar-refractivity contribution in [1.29, 1.82) is 0 Å². The molecule has 0 aliphatic heterocycles. The number of fused-ring (bicyclic) bond motifs is 1. The normalized spacial score (nSPS) is 10.7. The number of nitrogens with zero attached hydrogens (tertiary/aromatic N) is 1. The largest absolute Gasteiger partial charge is 0.454 e. The van der Waals surface area contributed by atoms with Crippen LogP contribution in [0.2, 0.25) is 5.02 Å². The zero-order valence-corrected chi connectivity index (χ0v) is 11.7. The molecule has 2 N–H and O–H groups in total. The molecular weight excluding hydrogens is 272 g/mol. The average molecular weight is 285 g/mol.